The van der Waals surface area contributed by atoms with E-state index in [1.54, 1.807) is 4.90 Å². The molecule has 0 atom stereocenters. The van der Waals surface area contributed by atoms with Crippen molar-refractivity contribution >= 4 is 28.9 Å². The van der Waals surface area contributed by atoms with Crippen LogP contribution in [0.2, 0.25) is 0 Å². The lowest BCUT2D eigenvalue weighted by Gasteiger charge is -2.21. The van der Waals surface area contributed by atoms with E-state index in [-0.39, 0.29) is 10.8 Å². The van der Waals surface area contributed by atoms with Gasteiger partial charge in [0.25, 0.3) is 0 Å². The number of hydrogen-bond donors (Lipinski definition) is 1. The van der Waals surface area contributed by atoms with Crippen LogP contribution in [0.1, 0.15) is 43.3 Å². The van der Waals surface area contributed by atoms with Crippen molar-refractivity contribution in [3.05, 3.63) is 41.3 Å². The van der Waals surface area contributed by atoms with Gasteiger partial charge in [0.15, 0.2) is 0 Å². The van der Waals surface area contributed by atoms with E-state index in [0.29, 0.717) is 24.6 Å². The van der Waals surface area contributed by atoms with Crippen LogP contribution in [-0.4, -0.2) is 23.5 Å². The number of anilines is 1. The molecule has 0 fully saturated rings. The predicted octanol–water partition coefficient (Wildman–Crippen LogP) is 4.90. The van der Waals surface area contributed by atoms with E-state index >= 15 is 0 Å². The fourth-order valence-corrected chi connectivity index (χ4v) is 3.51. The third-order valence-electron chi connectivity index (χ3n) is 3.81. The van der Waals surface area contributed by atoms with Crippen molar-refractivity contribution in [3.8, 4) is 10.4 Å². The molecule has 2 rings (SSSR count). The monoisotopic (exact) mass is 345 g/mol. The summed E-state index contributed by atoms with van der Waals surface area (Å²) in [6.07, 6.45) is 1.23. The molecule has 0 aliphatic heterocycles. The maximum Gasteiger partial charge on any atom is 0.348 e. The molecule has 0 saturated heterocycles. The Morgan fingerprint density at radius 1 is 1.21 bits per heavy atom. The molecule has 0 aliphatic carbocycles. The molecule has 0 saturated carbocycles. The van der Waals surface area contributed by atoms with Crippen molar-refractivity contribution in [2.24, 2.45) is 5.92 Å². The number of aromatic carboxylic acids is 1. The Morgan fingerprint density at radius 3 is 2.42 bits per heavy atom. The van der Waals surface area contributed by atoms with Crippen LogP contribution in [0.15, 0.2) is 36.4 Å². The van der Waals surface area contributed by atoms with Gasteiger partial charge in [0.2, 0.25) is 5.91 Å². The van der Waals surface area contributed by atoms with E-state index < -0.39 is 5.97 Å². The number of benzene rings is 1. The van der Waals surface area contributed by atoms with Crippen molar-refractivity contribution in [3.63, 3.8) is 0 Å². The molecule has 5 heteroatoms. The summed E-state index contributed by atoms with van der Waals surface area (Å²) in [6, 6.07) is 11.5. The Bertz CT molecular complexity index is 707. The Morgan fingerprint density at radius 2 is 1.88 bits per heavy atom. The van der Waals surface area contributed by atoms with Crippen molar-refractivity contribution in [2.45, 2.75) is 33.6 Å². The van der Waals surface area contributed by atoms with E-state index in [1.807, 2.05) is 43.3 Å². The summed E-state index contributed by atoms with van der Waals surface area (Å²) in [5, 5.41) is 9.54. The second-order valence-corrected chi connectivity index (χ2v) is 7.12. The molecule has 1 aromatic carbocycles. The molecule has 1 amide bonds. The number of nitrogens with zero attached hydrogens (tertiary/aromatic N) is 1. The summed E-state index contributed by atoms with van der Waals surface area (Å²) >= 11 is 1.21. The molecule has 0 spiro atoms. The molecule has 0 radical (unpaired) electrons. The fraction of sp³-hybridized carbons (Fsp3) is 0.368. The van der Waals surface area contributed by atoms with Gasteiger partial charge in [-0.25, -0.2) is 4.79 Å². The highest BCUT2D eigenvalue weighted by molar-refractivity contribution is 7.18. The lowest BCUT2D eigenvalue weighted by molar-refractivity contribution is -0.118. The average Bonchev–Trinajstić information content (AvgIpc) is 3.00. The minimum absolute atomic E-state index is 0.0221. The highest BCUT2D eigenvalue weighted by Crippen LogP contribution is 2.37. The van der Waals surface area contributed by atoms with E-state index in [0.717, 1.165) is 16.9 Å². The Kier molecular flexibility index (Phi) is 6.15. The van der Waals surface area contributed by atoms with Crippen LogP contribution >= 0.6 is 11.3 Å². The van der Waals surface area contributed by atoms with Gasteiger partial charge >= 0.3 is 5.97 Å². The molecule has 0 bridgehead atoms. The number of carboxylic acid groups (broad SMARTS) is 1. The molecule has 1 aromatic heterocycles. The third-order valence-corrected chi connectivity index (χ3v) is 4.97. The summed E-state index contributed by atoms with van der Waals surface area (Å²) in [6.45, 7) is 6.48. The van der Waals surface area contributed by atoms with E-state index in [9.17, 15) is 14.7 Å². The lowest BCUT2D eigenvalue weighted by atomic mass is 10.1. The maximum atomic E-state index is 12.5. The first-order valence-electron chi connectivity index (χ1n) is 8.17. The number of carboxylic acids is 1. The van der Waals surface area contributed by atoms with Gasteiger partial charge in [-0.2, -0.15) is 0 Å². The summed E-state index contributed by atoms with van der Waals surface area (Å²) in [7, 11) is 0. The highest BCUT2D eigenvalue weighted by Gasteiger charge is 2.24. The molecular weight excluding hydrogens is 322 g/mol. The number of amides is 1. The number of rotatable bonds is 7. The molecule has 128 valence electrons. The molecule has 0 unspecified atom stereocenters. The van der Waals surface area contributed by atoms with Crippen LogP contribution in [0.25, 0.3) is 10.4 Å². The van der Waals surface area contributed by atoms with Crippen molar-refractivity contribution < 1.29 is 14.7 Å². The molecule has 24 heavy (non-hydrogen) atoms. The van der Waals surface area contributed by atoms with Gasteiger partial charge in [-0.05, 0) is 30.9 Å². The molecular formula is C19H23NO3S. The van der Waals surface area contributed by atoms with Gasteiger partial charge in [-0.1, -0.05) is 44.2 Å². The minimum atomic E-state index is -0.993. The van der Waals surface area contributed by atoms with Crippen molar-refractivity contribution in [1.29, 1.82) is 0 Å². The summed E-state index contributed by atoms with van der Waals surface area (Å²) in [4.78, 5) is 26.9. The smallest absolute Gasteiger partial charge is 0.348 e. The SMILES string of the molecule is CCN(C(=O)CCC(C)C)c1cc(-c2ccccc2)sc1C(=O)O. The molecule has 1 heterocycles. The number of thiophene rings is 1. The van der Waals surface area contributed by atoms with Crippen LogP contribution in [0, 0.1) is 5.92 Å². The van der Waals surface area contributed by atoms with Gasteiger partial charge in [0.1, 0.15) is 4.88 Å². The topological polar surface area (TPSA) is 57.6 Å². The quantitative estimate of drug-likeness (QED) is 0.776. The van der Waals surface area contributed by atoms with Gasteiger partial charge in [-0.3, -0.25) is 4.79 Å². The van der Waals surface area contributed by atoms with Crippen molar-refractivity contribution in [1.82, 2.24) is 0 Å². The van der Waals surface area contributed by atoms with E-state index in [2.05, 4.69) is 13.8 Å². The van der Waals surface area contributed by atoms with Gasteiger partial charge < -0.3 is 10.0 Å². The Balaban J connectivity index is 2.37. The summed E-state index contributed by atoms with van der Waals surface area (Å²) < 4.78 is 0. The van der Waals surface area contributed by atoms with Crippen LogP contribution in [0.3, 0.4) is 0 Å². The largest absolute Gasteiger partial charge is 0.477 e. The number of hydrogen-bond acceptors (Lipinski definition) is 3. The number of carbonyl (C=O) groups is 2. The lowest BCUT2D eigenvalue weighted by Crippen LogP contribution is -2.31. The molecule has 0 aliphatic rings. The molecule has 2 aromatic rings. The normalized spacial score (nSPS) is 10.8. The second kappa shape index (κ2) is 8.11. The Hall–Kier alpha value is -2.14. The predicted molar refractivity (Wildman–Crippen MR) is 98.8 cm³/mol. The minimum Gasteiger partial charge on any atom is -0.477 e. The first-order valence-corrected chi connectivity index (χ1v) is 8.98. The zero-order valence-corrected chi connectivity index (χ0v) is 15.1. The van der Waals surface area contributed by atoms with Crippen LogP contribution < -0.4 is 4.90 Å². The molecule has 1 N–H and O–H groups in total. The van der Waals surface area contributed by atoms with E-state index in [1.165, 1.54) is 11.3 Å². The van der Waals surface area contributed by atoms with Gasteiger partial charge in [0, 0.05) is 17.8 Å². The number of carbonyl (C=O) groups excluding carboxylic acids is 1. The first kappa shape index (κ1) is 18.2. The second-order valence-electron chi connectivity index (χ2n) is 6.07. The zero-order valence-electron chi connectivity index (χ0n) is 14.3. The zero-order chi connectivity index (χ0) is 17.7. The Labute approximate surface area is 146 Å². The highest BCUT2D eigenvalue weighted by atomic mass is 32.1. The van der Waals surface area contributed by atoms with E-state index in [4.69, 9.17) is 0 Å². The molecule has 4 nitrogen and oxygen atoms in total. The summed E-state index contributed by atoms with van der Waals surface area (Å²) in [5.41, 5.74) is 1.46. The van der Waals surface area contributed by atoms with Crippen LogP contribution in [0.5, 0.6) is 0 Å². The van der Waals surface area contributed by atoms with Crippen molar-refractivity contribution in [2.75, 3.05) is 11.4 Å². The summed E-state index contributed by atoms with van der Waals surface area (Å²) in [5.74, 6) is -0.577. The van der Waals surface area contributed by atoms with Crippen LogP contribution in [-0.2, 0) is 4.79 Å². The van der Waals surface area contributed by atoms with Gasteiger partial charge in [-0.15, -0.1) is 11.3 Å². The third kappa shape index (κ3) is 4.23. The average molecular weight is 345 g/mol. The van der Waals surface area contributed by atoms with Gasteiger partial charge in [0.05, 0.1) is 5.69 Å². The maximum absolute atomic E-state index is 12.5. The fourth-order valence-electron chi connectivity index (χ4n) is 2.51. The van der Waals surface area contributed by atoms with Crippen LogP contribution in [0.4, 0.5) is 5.69 Å². The standard InChI is InChI=1S/C19H23NO3S/c1-4-20(17(21)11-10-13(2)3)15-12-16(24-18(15)19(22)23)14-8-6-5-7-9-14/h5-9,12-13H,4,10-11H2,1-3H3,(H,22,23). The first-order chi connectivity index (χ1) is 11.4.